The van der Waals surface area contributed by atoms with Crippen LogP contribution in [0.15, 0.2) is 42.5 Å². The summed E-state index contributed by atoms with van der Waals surface area (Å²) in [4.78, 5) is 0. The van der Waals surface area contributed by atoms with Crippen molar-refractivity contribution in [1.82, 2.24) is 0 Å². The topological polar surface area (TPSA) is 0 Å². The van der Waals surface area contributed by atoms with E-state index in [1.54, 1.807) is 0 Å². The van der Waals surface area contributed by atoms with Crippen molar-refractivity contribution in [2.45, 2.75) is 19.8 Å². The molecule has 2 aromatic carbocycles. The third-order valence-electron chi connectivity index (χ3n) is 3.21. The van der Waals surface area contributed by atoms with E-state index < -0.39 is 0 Å². The molecule has 0 saturated heterocycles. The Morgan fingerprint density at radius 2 is 1.40 bits per heavy atom. The Balaban J connectivity index is 2.25. The summed E-state index contributed by atoms with van der Waals surface area (Å²) in [5.41, 5.74) is 7.22. The molecule has 0 spiro atoms. The molecule has 0 aliphatic heterocycles. The number of rotatable bonds is 1. The van der Waals surface area contributed by atoms with Crippen molar-refractivity contribution in [3.05, 3.63) is 48.0 Å². The van der Waals surface area contributed by atoms with Gasteiger partial charge in [-0.3, -0.25) is 0 Å². The summed E-state index contributed by atoms with van der Waals surface area (Å²) in [5.74, 6) is 0.605. The van der Waals surface area contributed by atoms with E-state index in [2.05, 4.69) is 56.3 Å². The van der Waals surface area contributed by atoms with Crippen molar-refractivity contribution >= 4 is 0 Å². The molecule has 0 radical (unpaired) electrons. The molecule has 0 atom stereocenters. The van der Waals surface area contributed by atoms with Crippen molar-refractivity contribution in [1.29, 1.82) is 0 Å². The highest BCUT2D eigenvalue weighted by Gasteiger charge is 2.24. The highest BCUT2D eigenvalue weighted by Crippen LogP contribution is 2.49. The molecule has 15 heavy (non-hydrogen) atoms. The lowest BCUT2D eigenvalue weighted by molar-refractivity contribution is 0.868. The molecule has 0 saturated carbocycles. The van der Waals surface area contributed by atoms with Crippen molar-refractivity contribution in [3.8, 4) is 22.3 Å². The van der Waals surface area contributed by atoms with Crippen LogP contribution in [0.1, 0.15) is 25.3 Å². The molecule has 1 aliphatic carbocycles. The summed E-state index contributed by atoms with van der Waals surface area (Å²) in [6.07, 6.45) is 0. The highest BCUT2D eigenvalue weighted by molar-refractivity contribution is 6.03. The van der Waals surface area contributed by atoms with E-state index in [0.29, 0.717) is 5.92 Å². The van der Waals surface area contributed by atoms with Crippen molar-refractivity contribution in [2.75, 3.05) is 0 Å². The summed E-state index contributed by atoms with van der Waals surface area (Å²) in [7, 11) is 0. The number of hydrogen-bond donors (Lipinski definition) is 0. The maximum Gasteiger partial charge on any atom is -0.00642 e. The minimum atomic E-state index is 0.605. The lowest BCUT2D eigenvalue weighted by Gasteiger charge is -2.27. The van der Waals surface area contributed by atoms with Crippen molar-refractivity contribution in [3.63, 3.8) is 0 Å². The van der Waals surface area contributed by atoms with E-state index in [-0.39, 0.29) is 0 Å². The Hall–Kier alpha value is -1.56. The summed E-state index contributed by atoms with van der Waals surface area (Å²) in [5, 5.41) is 0. The van der Waals surface area contributed by atoms with Crippen LogP contribution in [0.25, 0.3) is 22.3 Å². The van der Waals surface area contributed by atoms with Crippen molar-refractivity contribution < 1.29 is 0 Å². The third-order valence-corrected chi connectivity index (χ3v) is 3.21. The van der Waals surface area contributed by atoms with E-state index in [1.807, 2.05) is 0 Å². The van der Waals surface area contributed by atoms with Crippen LogP contribution in [0.5, 0.6) is 0 Å². The summed E-state index contributed by atoms with van der Waals surface area (Å²) in [6.45, 7) is 4.52. The fourth-order valence-corrected chi connectivity index (χ4v) is 2.45. The SMILES string of the molecule is CC(C)c1cccc2c1-c1ccccc1-2. The van der Waals surface area contributed by atoms with Crippen molar-refractivity contribution in [2.24, 2.45) is 0 Å². The molecule has 74 valence electrons. The third kappa shape index (κ3) is 1.08. The van der Waals surface area contributed by atoms with Gasteiger partial charge in [-0.05, 0) is 33.7 Å². The molecule has 0 unspecified atom stereocenters. The number of hydrogen-bond acceptors (Lipinski definition) is 0. The second-order valence-corrected chi connectivity index (χ2v) is 4.47. The van der Waals surface area contributed by atoms with Crippen LogP contribution in [-0.2, 0) is 0 Å². The van der Waals surface area contributed by atoms with Crippen LogP contribution in [0.2, 0.25) is 0 Å². The molecule has 2 aromatic rings. The molecule has 0 N–H and O–H groups in total. The lowest BCUT2D eigenvalue weighted by Crippen LogP contribution is -2.03. The quantitative estimate of drug-likeness (QED) is 0.536. The van der Waals surface area contributed by atoms with Crippen LogP contribution in [0.3, 0.4) is 0 Å². The highest BCUT2D eigenvalue weighted by atomic mass is 14.3. The predicted molar refractivity (Wildman–Crippen MR) is 65.0 cm³/mol. The van der Waals surface area contributed by atoms with E-state index in [4.69, 9.17) is 0 Å². The summed E-state index contributed by atoms with van der Waals surface area (Å²) < 4.78 is 0. The minimum Gasteiger partial charge on any atom is -0.0616 e. The zero-order valence-electron chi connectivity index (χ0n) is 9.12. The Morgan fingerprint density at radius 1 is 0.733 bits per heavy atom. The Labute approximate surface area is 90.6 Å². The van der Waals surface area contributed by atoms with Gasteiger partial charge in [0, 0.05) is 0 Å². The Morgan fingerprint density at radius 3 is 2.13 bits per heavy atom. The van der Waals surface area contributed by atoms with Crippen LogP contribution < -0.4 is 0 Å². The number of benzene rings is 2. The Kier molecular flexibility index (Phi) is 1.72. The standard InChI is InChI=1S/C15H14/c1-10(2)11-8-5-9-14-12-6-3-4-7-13(12)15(11)14/h3-10H,1-2H3. The van der Waals surface area contributed by atoms with Gasteiger partial charge in [-0.1, -0.05) is 56.3 Å². The molecule has 0 heteroatoms. The van der Waals surface area contributed by atoms with E-state index >= 15 is 0 Å². The molecular formula is C15H14. The molecule has 0 bridgehead atoms. The van der Waals surface area contributed by atoms with E-state index in [1.165, 1.54) is 27.8 Å². The first-order valence-corrected chi connectivity index (χ1v) is 5.51. The van der Waals surface area contributed by atoms with Gasteiger partial charge in [0.1, 0.15) is 0 Å². The zero-order chi connectivity index (χ0) is 10.4. The lowest BCUT2D eigenvalue weighted by atomic mass is 9.76. The molecule has 0 aromatic heterocycles. The fraction of sp³-hybridized carbons (Fsp3) is 0.200. The Bertz CT molecular complexity index is 521. The smallest absolute Gasteiger partial charge is 0.00642 e. The zero-order valence-corrected chi connectivity index (χ0v) is 9.12. The maximum absolute atomic E-state index is 2.26. The van der Waals surface area contributed by atoms with Crippen LogP contribution in [0, 0.1) is 0 Å². The molecule has 1 aliphatic rings. The maximum atomic E-state index is 2.26. The first-order chi connectivity index (χ1) is 7.29. The van der Waals surface area contributed by atoms with Crippen LogP contribution in [-0.4, -0.2) is 0 Å². The average molecular weight is 194 g/mol. The minimum absolute atomic E-state index is 0.605. The van der Waals surface area contributed by atoms with Gasteiger partial charge in [0.05, 0.1) is 0 Å². The van der Waals surface area contributed by atoms with Gasteiger partial charge in [0.15, 0.2) is 0 Å². The molecule has 0 amide bonds. The molecule has 0 nitrogen and oxygen atoms in total. The largest absolute Gasteiger partial charge is 0.0616 e. The van der Waals surface area contributed by atoms with Gasteiger partial charge < -0.3 is 0 Å². The van der Waals surface area contributed by atoms with Gasteiger partial charge in [0.2, 0.25) is 0 Å². The van der Waals surface area contributed by atoms with Gasteiger partial charge >= 0.3 is 0 Å². The van der Waals surface area contributed by atoms with Gasteiger partial charge in [0.25, 0.3) is 0 Å². The molecule has 3 rings (SSSR count). The van der Waals surface area contributed by atoms with Gasteiger partial charge in [-0.2, -0.15) is 0 Å². The fourth-order valence-electron chi connectivity index (χ4n) is 2.45. The first kappa shape index (κ1) is 8.72. The first-order valence-electron chi connectivity index (χ1n) is 5.51. The normalized spacial score (nSPS) is 11.9. The molecule has 0 heterocycles. The average Bonchev–Trinajstić information content (AvgIpc) is 2.24. The monoisotopic (exact) mass is 194 g/mol. The predicted octanol–water partition coefficient (Wildman–Crippen LogP) is 4.46. The van der Waals surface area contributed by atoms with E-state index in [0.717, 1.165) is 0 Å². The summed E-state index contributed by atoms with van der Waals surface area (Å²) >= 11 is 0. The number of fused-ring (bicyclic) bond motifs is 4. The van der Waals surface area contributed by atoms with Gasteiger partial charge in [-0.15, -0.1) is 0 Å². The van der Waals surface area contributed by atoms with Gasteiger partial charge in [-0.25, -0.2) is 0 Å². The van der Waals surface area contributed by atoms with E-state index in [9.17, 15) is 0 Å². The molecular weight excluding hydrogens is 180 g/mol. The van der Waals surface area contributed by atoms with Crippen LogP contribution >= 0.6 is 0 Å². The summed E-state index contributed by atoms with van der Waals surface area (Å²) in [6, 6.07) is 15.3. The molecule has 0 fully saturated rings. The van der Waals surface area contributed by atoms with Crippen LogP contribution in [0.4, 0.5) is 0 Å². The second-order valence-electron chi connectivity index (χ2n) is 4.47. The second kappa shape index (κ2) is 2.96.